The van der Waals surface area contributed by atoms with E-state index in [0.717, 1.165) is 63.2 Å². The number of ether oxygens (including phenoxy) is 1. The second kappa shape index (κ2) is 9.22. The quantitative estimate of drug-likeness (QED) is 0.829. The van der Waals surface area contributed by atoms with Crippen molar-refractivity contribution in [2.75, 3.05) is 33.3 Å². The van der Waals surface area contributed by atoms with Crippen molar-refractivity contribution in [2.24, 2.45) is 5.92 Å². The molecule has 0 radical (unpaired) electrons. The van der Waals surface area contributed by atoms with Crippen LogP contribution in [-0.4, -0.2) is 60.9 Å². The van der Waals surface area contributed by atoms with E-state index in [1.54, 1.807) is 7.11 Å². The summed E-state index contributed by atoms with van der Waals surface area (Å²) in [6.45, 7) is 5.88. The Balaban J connectivity index is 1.44. The van der Waals surface area contributed by atoms with Crippen LogP contribution in [0.15, 0.2) is 24.3 Å². The van der Waals surface area contributed by atoms with Crippen molar-refractivity contribution in [2.45, 2.75) is 45.2 Å². The minimum absolute atomic E-state index is 0.0298. The minimum Gasteiger partial charge on any atom is -0.497 e. The van der Waals surface area contributed by atoms with E-state index in [9.17, 15) is 9.59 Å². The fourth-order valence-corrected chi connectivity index (χ4v) is 4.01. The Hall–Kier alpha value is -2.08. The average Bonchev–Trinajstić information content (AvgIpc) is 3.26. The number of hydrogen-bond donors (Lipinski definition) is 1. The van der Waals surface area contributed by atoms with Crippen molar-refractivity contribution < 1.29 is 14.3 Å². The molecule has 2 aliphatic heterocycles. The molecule has 0 bridgehead atoms. The monoisotopic (exact) mass is 373 g/mol. The fourth-order valence-electron chi connectivity index (χ4n) is 4.01. The van der Waals surface area contributed by atoms with E-state index >= 15 is 0 Å². The summed E-state index contributed by atoms with van der Waals surface area (Å²) >= 11 is 0. The van der Waals surface area contributed by atoms with E-state index in [0.29, 0.717) is 12.5 Å². The standard InChI is InChI=1S/C21H31N3O3/c1-16(20(25)22-15-17-6-5-7-19(14-17)27-2)23-12-8-18(9-13-23)21(26)24-10-3-4-11-24/h5-7,14,16,18H,3-4,8-13,15H2,1-2H3,(H,22,25). The summed E-state index contributed by atoms with van der Waals surface area (Å²) < 4.78 is 5.22. The zero-order valence-electron chi connectivity index (χ0n) is 16.4. The average molecular weight is 373 g/mol. The number of benzene rings is 1. The predicted octanol–water partition coefficient (Wildman–Crippen LogP) is 2.03. The van der Waals surface area contributed by atoms with Crippen LogP contribution >= 0.6 is 0 Å². The number of rotatable bonds is 6. The number of likely N-dealkylation sites (tertiary alicyclic amines) is 2. The van der Waals surface area contributed by atoms with Crippen molar-refractivity contribution in [1.29, 1.82) is 0 Å². The molecule has 6 nitrogen and oxygen atoms in total. The molecule has 0 spiro atoms. The van der Waals surface area contributed by atoms with E-state index in [1.165, 1.54) is 0 Å². The highest BCUT2D eigenvalue weighted by atomic mass is 16.5. The van der Waals surface area contributed by atoms with Crippen molar-refractivity contribution in [3.8, 4) is 5.75 Å². The molecule has 2 saturated heterocycles. The first-order valence-corrected chi connectivity index (χ1v) is 10.0. The third-order valence-electron chi connectivity index (χ3n) is 5.82. The van der Waals surface area contributed by atoms with Crippen LogP contribution in [0.5, 0.6) is 5.75 Å². The van der Waals surface area contributed by atoms with Crippen molar-refractivity contribution in [3.63, 3.8) is 0 Å². The second-order valence-electron chi connectivity index (χ2n) is 7.59. The van der Waals surface area contributed by atoms with Gasteiger partial charge in [0.1, 0.15) is 5.75 Å². The molecule has 2 heterocycles. The van der Waals surface area contributed by atoms with Gasteiger partial charge >= 0.3 is 0 Å². The van der Waals surface area contributed by atoms with Gasteiger partial charge in [0.05, 0.1) is 13.2 Å². The van der Waals surface area contributed by atoms with Crippen LogP contribution in [0.25, 0.3) is 0 Å². The van der Waals surface area contributed by atoms with E-state index in [1.807, 2.05) is 36.1 Å². The highest BCUT2D eigenvalue weighted by molar-refractivity contribution is 5.81. The van der Waals surface area contributed by atoms with Crippen LogP contribution in [0.2, 0.25) is 0 Å². The van der Waals surface area contributed by atoms with Gasteiger partial charge in [-0.2, -0.15) is 0 Å². The van der Waals surface area contributed by atoms with Crippen LogP contribution in [-0.2, 0) is 16.1 Å². The van der Waals surface area contributed by atoms with Crippen molar-refractivity contribution >= 4 is 11.8 Å². The van der Waals surface area contributed by atoms with Gasteiger partial charge < -0.3 is 15.0 Å². The summed E-state index contributed by atoms with van der Waals surface area (Å²) in [5.41, 5.74) is 1.02. The summed E-state index contributed by atoms with van der Waals surface area (Å²) in [5, 5.41) is 3.01. The summed E-state index contributed by atoms with van der Waals surface area (Å²) in [4.78, 5) is 29.3. The number of carbonyl (C=O) groups excluding carboxylic acids is 2. The van der Waals surface area contributed by atoms with Gasteiger partial charge in [0.15, 0.2) is 0 Å². The highest BCUT2D eigenvalue weighted by Gasteiger charge is 2.32. The van der Waals surface area contributed by atoms with Crippen LogP contribution in [0.1, 0.15) is 38.2 Å². The topological polar surface area (TPSA) is 61.9 Å². The molecule has 1 atom stereocenters. The van der Waals surface area contributed by atoms with Gasteiger partial charge in [-0.3, -0.25) is 14.5 Å². The third-order valence-corrected chi connectivity index (χ3v) is 5.82. The molecular weight excluding hydrogens is 342 g/mol. The van der Waals surface area contributed by atoms with Crippen LogP contribution in [0, 0.1) is 5.92 Å². The normalized spacial score (nSPS) is 19.7. The largest absolute Gasteiger partial charge is 0.497 e. The van der Waals surface area contributed by atoms with Gasteiger partial charge in [-0.05, 0) is 63.4 Å². The molecule has 6 heteroatoms. The Morgan fingerprint density at radius 2 is 1.89 bits per heavy atom. The molecule has 1 unspecified atom stereocenters. The number of methoxy groups -OCH3 is 1. The molecule has 0 saturated carbocycles. The minimum atomic E-state index is -0.182. The van der Waals surface area contributed by atoms with E-state index in [4.69, 9.17) is 4.74 Å². The van der Waals surface area contributed by atoms with Gasteiger partial charge in [0.2, 0.25) is 11.8 Å². The van der Waals surface area contributed by atoms with Gasteiger partial charge in [0.25, 0.3) is 0 Å². The van der Waals surface area contributed by atoms with Crippen LogP contribution in [0.3, 0.4) is 0 Å². The molecule has 0 aromatic heterocycles. The molecule has 148 valence electrons. The van der Waals surface area contributed by atoms with E-state index in [-0.39, 0.29) is 17.9 Å². The summed E-state index contributed by atoms with van der Waals surface area (Å²) in [5.74, 6) is 1.27. The number of nitrogens with one attached hydrogen (secondary N) is 1. The Morgan fingerprint density at radius 3 is 2.56 bits per heavy atom. The Kier molecular flexibility index (Phi) is 6.72. The van der Waals surface area contributed by atoms with Crippen LogP contribution in [0.4, 0.5) is 0 Å². The first-order valence-electron chi connectivity index (χ1n) is 10.0. The molecule has 27 heavy (non-hydrogen) atoms. The number of piperidine rings is 1. The number of nitrogens with zero attached hydrogens (tertiary/aromatic N) is 2. The smallest absolute Gasteiger partial charge is 0.237 e. The van der Waals surface area contributed by atoms with Crippen molar-refractivity contribution in [3.05, 3.63) is 29.8 Å². The molecule has 0 aliphatic carbocycles. The Bertz CT molecular complexity index is 650. The molecule has 3 rings (SSSR count). The highest BCUT2D eigenvalue weighted by Crippen LogP contribution is 2.23. The molecule has 2 amide bonds. The lowest BCUT2D eigenvalue weighted by atomic mass is 9.94. The number of amides is 2. The Labute approximate surface area is 161 Å². The van der Waals surface area contributed by atoms with Crippen molar-refractivity contribution in [1.82, 2.24) is 15.1 Å². The fraction of sp³-hybridized carbons (Fsp3) is 0.619. The first kappa shape index (κ1) is 19.7. The summed E-state index contributed by atoms with van der Waals surface area (Å²) in [7, 11) is 1.64. The third kappa shape index (κ3) is 5.01. The van der Waals surface area contributed by atoms with Gasteiger partial charge in [-0.25, -0.2) is 0 Å². The zero-order chi connectivity index (χ0) is 19.2. The molecule has 1 aromatic rings. The van der Waals surface area contributed by atoms with Gasteiger partial charge in [-0.1, -0.05) is 12.1 Å². The lowest BCUT2D eigenvalue weighted by Gasteiger charge is -2.36. The molecular formula is C21H31N3O3. The van der Waals surface area contributed by atoms with Crippen LogP contribution < -0.4 is 10.1 Å². The molecule has 2 fully saturated rings. The first-order chi connectivity index (χ1) is 13.1. The SMILES string of the molecule is COc1cccc(CNC(=O)C(C)N2CCC(C(=O)N3CCCC3)CC2)c1. The van der Waals surface area contributed by atoms with E-state index < -0.39 is 0 Å². The molecule has 1 N–H and O–H groups in total. The number of carbonyl (C=O) groups is 2. The molecule has 1 aromatic carbocycles. The zero-order valence-corrected chi connectivity index (χ0v) is 16.4. The van der Waals surface area contributed by atoms with E-state index in [2.05, 4.69) is 10.2 Å². The lowest BCUT2D eigenvalue weighted by molar-refractivity contribution is -0.136. The van der Waals surface area contributed by atoms with Gasteiger partial charge in [-0.15, -0.1) is 0 Å². The van der Waals surface area contributed by atoms with Gasteiger partial charge in [0, 0.05) is 25.6 Å². The summed E-state index contributed by atoms with van der Waals surface area (Å²) in [6, 6.07) is 7.54. The predicted molar refractivity (Wildman–Crippen MR) is 104 cm³/mol. The number of hydrogen-bond acceptors (Lipinski definition) is 4. The Morgan fingerprint density at radius 1 is 1.19 bits per heavy atom. The maximum Gasteiger partial charge on any atom is 0.237 e. The maximum atomic E-state index is 12.5. The summed E-state index contributed by atoms with van der Waals surface area (Å²) in [6.07, 6.45) is 3.97. The lowest BCUT2D eigenvalue weighted by Crippen LogP contribution is -2.49. The molecule has 2 aliphatic rings. The second-order valence-corrected chi connectivity index (χ2v) is 7.59. The maximum absolute atomic E-state index is 12.5.